The Morgan fingerprint density at radius 1 is 0.886 bits per heavy atom. The molecule has 1 heterocycles. The first-order chi connectivity index (χ1) is 17.1. The van der Waals surface area contributed by atoms with Gasteiger partial charge in [-0.2, -0.15) is 5.10 Å². The third kappa shape index (κ3) is 6.69. The summed E-state index contributed by atoms with van der Waals surface area (Å²) in [5, 5.41) is 10.2. The van der Waals surface area contributed by atoms with Crippen molar-refractivity contribution in [2.45, 2.75) is 44.6 Å². The van der Waals surface area contributed by atoms with Crippen molar-refractivity contribution in [3.05, 3.63) is 72.4 Å². The Morgan fingerprint density at radius 2 is 1.57 bits per heavy atom. The molecular formula is C26H30N6O3. The molecule has 1 aliphatic rings. The number of urea groups is 1. The van der Waals surface area contributed by atoms with Crippen molar-refractivity contribution in [3.63, 3.8) is 0 Å². The van der Waals surface area contributed by atoms with Crippen LogP contribution >= 0.6 is 0 Å². The fourth-order valence-corrected chi connectivity index (χ4v) is 4.09. The number of rotatable bonds is 7. The molecule has 4 amide bonds. The van der Waals surface area contributed by atoms with Crippen LogP contribution in [0.3, 0.4) is 0 Å². The van der Waals surface area contributed by atoms with Crippen LogP contribution in [-0.2, 0) is 4.79 Å². The Morgan fingerprint density at radius 3 is 2.29 bits per heavy atom. The van der Waals surface area contributed by atoms with Crippen LogP contribution in [0.15, 0.2) is 66.9 Å². The number of aromatic nitrogens is 2. The second kappa shape index (κ2) is 11.8. The van der Waals surface area contributed by atoms with E-state index in [1.165, 1.54) is 6.42 Å². The van der Waals surface area contributed by atoms with Crippen molar-refractivity contribution in [3.8, 4) is 16.9 Å². The summed E-state index contributed by atoms with van der Waals surface area (Å²) in [5.41, 5.74) is 7.29. The van der Waals surface area contributed by atoms with Crippen LogP contribution in [0.2, 0.25) is 0 Å². The van der Waals surface area contributed by atoms with Crippen molar-refractivity contribution in [1.29, 1.82) is 0 Å². The molecule has 1 aromatic heterocycles. The van der Waals surface area contributed by atoms with Crippen molar-refractivity contribution < 1.29 is 14.4 Å². The predicted molar refractivity (Wildman–Crippen MR) is 133 cm³/mol. The molecular weight excluding hydrogens is 444 g/mol. The second-order valence-electron chi connectivity index (χ2n) is 8.52. The molecule has 1 fully saturated rings. The second-order valence-corrected chi connectivity index (χ2v) is 8.52. The first-order valence-electron chi connectivity index (χ1n) is 11.9. The standard InChI is InChI=1S/C26H30N6O3/c33-23(16-17-27-26(35)28-20-12-6-2-7-13-20)29-30-25(34)22-18-32(21-14-8-3-9-15-21)31-24(22)19-10-4-1-5-11-19/h1,3-5,8-11,14-15,18,20H,2,6-7,12-13,16-17H2,(H,29,33)(H,30,34)(H2,27,28,35). The van der Waals surface area contributed by atoms with Crippen LogP contribution < -0.4 is 21.5 Å². The van der Waals surface area contributed by atoms with Gasteiger partial charge in [-0.05, 0) is 25.0 Å². The van der Waals surface area contributed by atoms with Crippen LogP contribution in [0, 0.1) is 0 Å². The van der Waals surface area contributed by atoms with Gasteiger partial charge in [0.25, 0.3) is 5.91 Å². The fourth-order valence-electron chi connectivity index (χ4n) is 4.09. The van der Waals surface area contributed by atoms with Gasteiger partial charge in [-0.15, -0.1) is 0 Å². The normalized spacial score (nSPS) is 13.6. The molecule has 9 nitrogen and oxygen atoms in total. The van der Waals surface area contributed by atoms with E-state index in [-0.39, 0.29) is 25.0 Å². The lowest BCUT2D eigenvalue weighted by Gasteiger charge is -2.22. The van der Waals surface area contributed by atoms with E-state index in [0.29, 0.717) is 11.3 Å². The topological polar surface area (TPSA) is 117 Å². The molecule has 0 bridgehead atoms. The number of benzene rings is 2. The van der Waals surface area contributed by atoms with E-state index < -0.39 is 11.8 Å². The molecule has 4 N–H and O–H groups in total. The van der Waals surface area contributed by atoms with Gasteiger partial charge in [-0.1, -0.05) is 67.8 Å². The average molecular weight is 475 g/mol. The predicted octanol–water partition coefficient (Wildman–Crippen LogP) is 3.32. The van der Waals surface area contributed by atoms with Crippen LogP contribution in [-0.4, -0.2) is 40.2 Å². The Labute approximate surface area is 204 Å². The zero-order chi connectivity index (χ0) is 24.5. The van der Waals surface area contributed by atoms with E-state index >= 15 is 0 Å². The van der Waals surface area contributed by atoms with Gasteiger partial charge in [0.2, 0.25) is 5.91 Å². The molecule has 9 heteroatoms. The number of hydrazine groups is 1. The van der Waals surface area contributed by atoms with Crippen molar-refractivity contribution in [2.75, 3.05) is 6.54 Å². The molecule has 1 saturated carbocycles. The molecule has 3 aromatic rings. The molecule has 0 aliphatic heterocycles. The number of amides is 4. The van der Waals surface area contributed by atoms with Crippen LogP contribution in [0.4, 0.5) is 4.79 Å². The molecule has 0 saturated heterocycles. The summed E-state index contributed by atoms with van der Waals surface area (Å²) in [4.78, 5) is 37.1. The summed E-state index contributed by atoms with van der Waals surface area (Å²) in [5.74, 6) is -0.893. The highest BCUT2D eigenvalue weighted by Crippen LogP contribution is 2.23. The minimum atomic E-state index is -0.484. The summed E-state index contributed by atoms with van der Waals surface area (Å²) in [6.07, 6.45) is 7.12. The summed E-state index contributed by atoms with van der Waals surface area (Å²) in [7, 11) is 0. The molecule has 1 aliphatic carbocycles. The van der Waals surface area contributed by atoms with Gasteiger partial charge in [-0.3, -0.25) is 20.4 Å². The lowest BCUT2D eigenvalue weighted by Crippen LogP contribution is -2.45. The lowest BCUT2D eigenvalue weighted by atomic mass is 9.96. The summed E-state index contributed by atoms with van der Waals surface area (Å²) in [6, 6.07) is 18.8. The Bertz CT molecular complexity index is 1140. The van der Waals surface area contributed by atoms with E-state index in [1.807, 2.05) is 60.7 Å². The maximum absolute atomic E-state index is 12.9. The zero-order valence-electron chi connectivity index (χ0n) is 19.5. The number of hydrogen-bond acceptors (Lipinski definition) is 4. The van der Waals surface area contributed by atoms with E-state index in [2.05, 4.69) is 26.6 Å². The molecule has 0 unspecified atom stereocenters. The first-order valence-corrected chi connectivity index (χ1v) is 11.9. The van der Waals surface area contributed by atoms with Crippen LogP contribution in [0.1, 0.15) is 48.9 Å². The van der Waals surface area contributed by atoms with Crippen LogP contribution in [0.5, 0.6) is 0 Å². The largest absolute Gasteiger partial charge is 0.338 e. The smallest absolute Gasteiger partial charge is 0.315 e. The van der Waals surface area contributed by atoms with Gasteiger partial charge in [0.15, 0.2) is 0 Å². The summed E-state index contributed by atoms with van der Waals surface area (Å²) in [6.45, 7) is 0.168. The minimum Gasteiger partial charge on any atom is -0.338 e. The SMILES string of the molecule is O=C(CCNC(=O)NC1CCCCC1)NNC(=O)c1cn(-c2ccccc2)nc1-c1ccccc1. The maximum Gasteiger partial charge on any atom is 0.315 e. The van der Waals surface area contributed by atoms with E-state index in [1.54, 1.807) is 10.9 Å². The summed E-state index contributed by atoms with van der Waals surface area (Å²) < 4.78 is 1.63. The maximum atomic E-state index is 12.9. The molecule has 0 radical (unpaired) electrons. The number of nitrogens with zero attached hydrogens (tertiary/aromatic N) is 2. The lowest BCUT2D eigenvalue weighted by molar-refractivity contribution is -0.121. The summed E-state index contributed by atoms with van der Waals surface area (Å²) >= 11 is 0. The monoisotopic (exact) mass is 474 g/mol. The van der Waals surface area contributed by atoms with Gasteiger partial charge in [0.05, 0.1) is 11.3 Å². The number of carbonyl (C=O) groups excluding carboxylic acids is 3. The third-order valence-electron chi connectivity index (χ3n) is 5.92. The highest BCUT2D eigenvalue weighted by Gasteiger charge is 2.19. The molecule has 182 valence electrons. The van der Waals surface area contributed by atoms with Crippen molar-refractivity contribution >= 4 is 17.8 Å². The van der Waals surface area contributed by atoms with E-state index in [4.69, 9.17) is 0 Å². The average Bonchev–Trinajstić information content (AvgIpc) is 3.35. The fraction of sp³-hybridized carbons (Fsp3) is 0.308. The number of nitrogens with one attached hydrogen (secondary N) is 4. The van der Waals surface area contributed by atoms with Gasteiger partial charge in [0.1, 0.15) is 5.69 Å². The highest BCUT2D eigenvalue weighted by molar-refractivity contribution is 6.00. The third-order valence-corrected chi connectivity index (χ3v) is 5.92. The van der Waals surface area contributed by atoms with Gasteiger partial charge >= 0.3 is 6.03 Å². The quantitative estimate of drug-likeness (QED) is 0.393. The minimum absolute atomic E-state index is 0.0349. The van der Waals surface area contributed by atoms with Gasteiger partial charge in [-0.25, -0.2) is 9.48 Å². The van der Waals surface area contributed by atoms with Crippen molar-refractivity contribution in [1.82, 2.24) is 31.3 Å². The Hall–Kier alpha value is -4.14. The van der Waals surface area contributed by atoms with Gasteiger partial charge < -0.3 is 10.6 Å². The highest BCUT2D eigenvalue weighted by atomic mass is 16.2. The van der Waals surface area contributed by atoms with Crippen LogP contribution in [0.25, 0.3) is 16.9 Å². The molecule has 2 aromatic carbocycles. The van der Waals surface area contributed by atoms with E-state index in [9.17, 15) is 14.4 Å². The Balaban J connectivity index is 1.32. The molecule has 35 heavy (non-hydrogen) atoms. The zero-order valence-corrected chi connectivity index (χ0v) is 19.5. The molecule has 0 atom stereocenters. The first kappa shape index (κ1) is 24.0. The van der Waals surface area contributed by atoms with E-state index in [0.717, 1.165) is 36.9 Å². The molecule has 0 spiro atoms. The number of para-hydroxylation sites is 1. The van der Waals surface area contributed by atoms with Crippen molar-refractivity contribution in [2.24, 2.45) is 0 Å². The Kier molecular flexibility index (Phi) is 8.11. The number of carbonyl (C=O) groups is 3. The molecule has 4 rings (SSSR count). The number of hydrogen-bond donors (Lipinski definition) is 4. The van der Waals surface area contributed by atoms with Gasteiger partial charge in [0, 0.05) is 30.8 Å².